The van der Waals surface area contributed by atoms with Crippen LogP contribution in [0.3, 0.4) is 0 Å². The normalized spacial score (nSPS) is 15.2. The third-order valence-corrected chi connectivity index (χ3v) is 4.75. The summed E-state index contributed by atoms with van der Waals surface area (Å²) in [5, 5.41) is 14.1. The Balaban J connectivity index is 1.86. The highest BCUT2D eigenvalue weighted by atomic mass is 35.5. The van der Waals surface area contributed by atoms with Gasteiger partial charge in [-0.25, -0.2) is 27.8 Å². The standard InChI is InChI=1S/C18H14ClF3N4O2/c19-13-7-14(26-17(24-13)12(8-23-26)9-4-5-9)25(18(27)28)11-3-1-2-10(6-11)15(20)16(21)22/h1-3,6-9,15-16H,4-5H2,(H,27,28). The first-order valence-electron chi connectivity index (χ1n) is 8.46. The quantitative estimate of drug-likeness (QED) is 0.575. The second-order valence-electron chi connectivity index (χ2n) is 6.50. The van der Waals surface area contributed by atoms with Crippen LogP contribution in [0.15, 0.2) is 36.5 Å². The lowest BCUT2D eigenvalue weighted by Gasteiger charge is -2.21. The van der Waals surface area contributed by atoms with Gasteiger partial charge in [0.05, 0.1) is 11.9 Å². The summed E-state index contributed by atoms with van der Waals surface area (Å²) in [6.07, 6.45) is -3.56. The van der Waals surface area contributed by atoms with Gasteiger partial charge in [0.2, 0.25) is 0 Å². The molecule has 28 heavy (non-hydrogen) atoms. The smallest absolute Gasteiger partial charge is 0.417 e. The van der Waals surface area contributed by atoms with E-state index in [0.29, 0.717) is 11.6 Å². The fourth-order valence-corrected chi connectivity index (χ4v) is 3.28. The maximum absolute atomic E-state index is 13.8. The zero-order valence-corrected chi connectivity index (χ0v) is 15.0. The van der Waals surface area contributed by atoms with E-state index in [1.54, 1.807) is 6.20 Å². The van der Waals surface area contributed by atoms with E-state index in [0.717, 1.165) is 29.4 Å². The van der Waals surface area contributed by atoms with Crippen LogP contribution < -0.4 is 4.90 Å². The van der Waals surface area contributed by atoms with Crippen LogP contribution >= 0.6 is 11.6 Å². The monoisotopic (exact) mass is 410 g/mol. The molecule has 1 aliphatic carbocycles. The van der Waals surface area contributed by atoms with Crippen molar-refractivity contribution >= 4 is 34.8 Å². The summed E-state index contributed by atoms with van der Waals surface area (Å²) in [4.78, 5) is 17.1. The number of nitrogens with zero attached hydrogens (tertiary/aromatic N) is 4. The summed E-state index contributed by atoms with van der Waals surface area (Å²) in [6.45, 7) is 0. The van der Waals surface area contributed by atoms with Gasteiger partial charge in [-0.15, -0.1) is 0 Å². The molecule has 0 saturated heterocycles. The molecule has 6 nitrogen and oxygen atoms in total. The van der Waals surface area contributed by atoms with Crippen molar-refractivity contribution in [2.75, 3.05) is 4.90 Å². The Morgan fingerprint density at radius 1 is 1.29 bits per heavy atom. The maximum atomic E-state index is 13.8. The number of benzene rings is 1. The van der Waals surface area contributed by atoms with Crippen molar-refractivity contribution in [3.63, 3.8) is 0 Å². The molecule has 1 unspecified atom stereocenters. The van der Waals surface area contributed by atoms with Crippen molar-refractivity contribution in [2.24, 2.45) is 0 Å². The average molecular weight is 411 g/mol. The van der Waals surface area contributed by atoms with E-state index in [1.165, 1.54) is 28.8 Å². The number of alkyl halides is 3. The van der Waals surface area contributed by atoms with Gasteiger partial charge in [0.25, 0.3) is 6.43 Å². The summed E-state index contributed by atoms with van der Waals surface area (Å²) in [5.41, 5.74) is 0.960. The van der Waals surface area contributed by atoms with E-state index in [9.17, 15) is 23.1 Å². The third-order valence-electron chi connectivity index (χ3n) is 4.55. The number of carboxylic acid groups (broad SMARTS) is 1. The molecule has 1 N–H and O–H groups in total. The van der Waals surface area contributed by atoms with E-state index in [1.807, 2.05) is 0 Å². The Kier molecular flexibility index (Phi) is 4.62. The second kappa shape index (κ2) is 6.97. The Hall–Kier alpha value is -2.81. The molecular formula is C18H14ClF3N4O2. The Bertz CT molecular complexity index is 1050. The van der Waals surface area contributed by atoms with E-state index in [-0.39, 0.29) is 22.2 Å². The van der Waals surface area contributed by atoms with Gasteiger partial charge < -0.3 is 5.11 Å². The van der Waals surface area contributed by atoms with Gasteiger partial charge in [0.15, 0.2) is 11.8 Å². The molecule has 1 saturated carbocycles. The van der Waals surface area contributed by atoms with Gasteiger partial charge in [-0.1, -0.05) is 23.7 Å². The molecule has 1 amide bonds. The summed E-state index contributed by atoms with van der Waals surface area (Å²) < 4.78 is 40.5. The summed E-state index contributed by atoms with van der Waals surface area (Å²) in [7, 11) is 0. The van der Waals surface area contributed by atoms with Crippen molar-refractivity contribution in [3.8, 4) is 0 Å². The Morgan fingerprint density at radius 2 is 2.04 bits per heavy atom. The fraction of sp³-hybridized carbons (Fsp3) is 0.278. The third kappa shape index (κ3) is 3.26. The van der Waals surface area contributed by atoms with Crippen LogP contribution in [-0.2, 0) is 0 Å². The summed E-state index contributed by atoms with van der Waals surface area (Å²) in [5.74, 6) is 0.357. The van der Waals surface area contributed by atoms with E-state index >= 15 is 0 Å². The number of hydrogen-bond donors (Lipinski definition) is 1. The van der Waals surface area contributed by atoms with Gasteiger partial charge in [0, 0.05) is 11.6 Å². The lowest BCUT2D eigenvalue weighted by atomic mass is 10.1. The van der Waals surface area contributed by atoms with Crippen molar-refractivity contribution in [3.05, 3.63) is 52.8 Å². The molecule has 0 bridgehead atoms. The Labute approximate surface area is 162 Å². The number of aromatic nitrogens is 3. The highest BCUT2D eigenvalue weighted by Gasteiger charge is 2.30. The van der Waals surface area contributed by atoms with Gasteiger partial charge in [-0.05, 0) is 36.5 Å². The molecule has 146 valence electrons. The van der Waals surface area contributed by atoms with Crippen LogP contribution in [0.2, 0.25) is 5.15 Å². The van der Waals surface area contributed by atoms with Crippen LogP contribution in [0.1, 0.15) is 36.1 Å². The average Bonchev–Trinajstić information content (AvgIpc) is 3.40. The van der Waals surface area contributed by atoms with Gasteiger partial charge >= 0.3 is 6.09 Å². The molecule has 0 spiro atoms. The van der Waals surface area contributed by atoms with E-state index in [2.05, 4.69) is 10.1 Å². The van der Waals surface area contributed by atoms with Crippen LogP contribution in [0.4, 0.5) is 29.5 Å². The lowest BCUT2D eigenvalue weighted by Crippen LogP contribution is -2.26. The van der Waals surface area contributed by atoms with E-state index < -0.39 is 18.7 Å². The molecule has 2 aromatic heterocycles. The zero-order valence-electron chi connectivity index (χ0n) is 14.3. The molecule has 10 heteroatoms. The fourth-order valence-electron chi connectivity index (χ4n) is 3.10. The zero-order chi connectivity index (χ0) is 20.0. The van der Waals surface area contributed by atoms with Crippen LogP contribution in [0.25, 0.3) is 5.65 Å². The van der Waals surface area contributed by atoms with Crippen LogP contribution in [0, 0.1) is 0 Å². The predicted octanol–water partition coefficient (Wildman–Crippen LogP) is 5.35. The lowest BCUT2D eigenvalue weighted by molar-refractivity contribution is 0.0496. The summed E-state index contributed by atoms with van der Waals surface area (Å²) >= 11 is 6.11. The van der Waals surface area contributed by atoms with Crippen molar-refractivity contribution in [2.45, 2.75) is 31.4 Å². The van der Waals surface area contributed by atoms with Crippen molar-refractivity contribution < 1.29 is 23.1 Å². The number of carbonyl (C=O) groups is 1. The van der Waals surface area contributed by atoms with Crippen molar-refractivity contribution in [1.82, 2.24) is 14.6 Å². The number of fused-ring (bicyclic) bond motifs is 1. The first-order valence-corrected chi connectivity index (χ1v) is 8.84. The largest absolute Gasteiger partial charge is 0.464 e. The minimum absolute atomic E-state index is 0.0136. The molecule has 4 rings (SSSR count). The first kappa shape index (κ1) is 18.5. The Morgan fingerprint density at radius 3 is 2.68 bits per heavy atom. The number of halogens is 4. The highest BCUT2D eigenvalue weighted by Crippen LogP contribution is 2.42. The minimum Gasteiger partial charge on any atom is -0.464 e. The van der Waals surface area contributed by atoms with Crippen LogP contribution in [0.5, 0.6) is 0 Å². The predicted molar refractivity (Wildman–Crippen MR) is 96.4 cm³/mol. The molecule has 2 heterocycles. The first-order chi connectivity index (χ1) is 13.4. The number of amides is 1. The molecular weight excluding hydrogens is 397 g/mol. The molecule has 0 aliphatic heterocycles. The number of rotatable bonds is 5. The SMILES string of the molecule is O=C(O)N(c1cccc(C(F)C(F)F)c1)c1cc(Cl)nc2c(C3CC3)cnn12. The minimum atomic E-state index is -3.22. The van der Waals surface area contributed by atoms with Crippen LogP contribution in [-0.4, -0.2) is 32.2 Å². The summed E-state index contributed by atoms with van der Waals surface area (Å²) in [6, 6.07) is 6.24. The number of hydrogen-bond acceptors (Lipinski definition) is 3. The van der Waals surface area contributed by atoms with Gasteiger partial charge in [0.1, 0.15) is 11.0 Å². The maximum Gasteiger partial charge on any atom is 0.417 e. The second-order valence-corrected chi connectivity index (χ2v) is 6.88. The molecule has 0 radical (unpaired) electrons. The molecule has 1 atom stereocenters. The van der Waals surface area contributed by atoms with E-state index in [4.69, 9.17) is 11.6 Å². The topological polar surface area (TPSA) is 70.7 Å². The molecule has 1 fully saturated rings. The highest BCUT2D eigenvalue weighted by molar-refractivity contribution is 6.29. The number of anilines is 2. The van der Waals surface area contributed by atoms with Gasteiger partial charge in [-0.2, -0.15) is 9.61 Å². The molecule has 1 aliphatic rings. The molecule has 1 aromatic carbocycles. The van der Waals surface area contributed by atoms with Gasteiger partial charge in [-0.3, -0.25) is 0 Å². The molecule has 3 aromatic rings. The van der Waals surface area contributed by atoms with Crippen molar-refractivity contribution in [1.29, 1.82) is 0 Å².